The molecule has 0 aliphatic carbocycles. The molecule has 0 aliphatic rings. The molecule has 0 bridgehead atoms. The molecule has 136 heavy (non-hydrogen) atoms. The van der Waals surface area contributed by atoms with Gasteiger partial charge in [0.05, 0.1) is 34.8 Å². The Hall–Kier alpha value is -16.0. The van der Waals surface area contributed by atoms with Crippen LogP contribution < -0.4 is 23.2 Å². The molecule has 15 nitrogen and oxygen atoms in total. The van der Waals surface area contributed by atoms with Crippen LogP contribution in [-0.4, -0.2) is 47.7 Å². The summed E-state index contributed by atoms with van der Waals surface area (Å²) >= 11 is 0. The van der Waals surface area contributed by atoms with Gasteiger partial charge in [-0.25, -0.2) is 4.98 Å². The van der Waals surface area contributed by atoms with Crippen LogP contribution in [0.5, 0.6) is 0 Å². The van der Waals surface area contributed by atoms with Gasteiger partial charge >= 0.3 is 0 Å². The maximum Gasteiger partial charge on any atom is 0.265 e. The van der Waals surface area contributed by atoms with Gasteiger partial charge in [0.1, 0.15) is 71.7 Å². The summed E-state index contributed by atoms with van der Waals surface area (Å²) in [7, 11) is 10.6. The van der Waals surface area contributed by atoms with Gasteiger partial charge in [-0.3, -0.25) is 19.9 Å². The molecule has 0 N–H and O–H groups in total. The number of pyridine rings is 10. The number of benzene rings is 10. The minimum absolute atomic E-state index is 0.448. The lowest BCUT2D eigenvalue weighted by Crippen LogP contribution is -2.34. The van der Waals surface area contributed by atoms with Crippen molar-refractivity contribution in [3.8, 4) is 55.6 Å². The van der Waals surface area contributed by atoms with Crippen LogP contribution in [0.4, 0.5) is 0 Å². The molecule has 15 heterocycles. The molecule has 25 aromatic rings. The SMILES string of the molecule is Cc1cc(C)c2c(n1)c1ccccc1c1cc(C)n(C)[n+]12.Cc1cc(C)c2c(n1)c1ccccc1c1cc[n+](C)n12.Cc1cccc(C)c1-c1c[n+](C)n2c1c1ccccc1c1nccc(C)c12.Cc1ccnc2c3ccccc3c3c(-c4c(-c5ccccc5)cccc4-c4ccccc4)c[n+](C)n3c12.Cc1ccnc2c3ccccc3c3c(-c4c(C(C)C)cccc4C(C)C)c[n+](C)n3c12. The monoisotopic (exact) mass is 1770 g/mol. The van der Waals surface area contributed by atoms with Crippen molar-refractivity contribution in [1.82, 2.24) is 47.7 Å². The Morgan fingerprint density at radius 3 is 1.08 bits per heavy atom. The van der Waals surface area contributed by atoms with E-state index in [4.69, 9.17) is 24.9 Å². The summed E-state index contributed by atoms with van der Waals surface area (Å²) in [5.74, 6) is 0.896. The summed E-state index contributed by atoms with van der Waals surface area (Å²) in [5.41, 5.74) is 44.9. The molecule has 0 saturated carbocycles. The number of aryl methyl sites for hydroxylation is 15. The van der Waals surface area contributed by atoms with Crippen LogP contribution >= 0.6 is 0 Å². The molecule has 0 spiro atoms. The third-order valence-electron chi connectivity index (χ3n) is 27.9. The molecule has 666 valence electrons. The van der Waals surface area contributed by atoms with Crippen molar-refractivity contribution >= 4 is 137 Å². The predicted molar refractivity (Wildman–Crippen MR) is 560 cm³/mol. The van der Waals surface area contributed by atoms with E-state index in [1.54, 1.807) is 0 Å². The van der Waals surface area contributed by atoms with Gasteiger partial charge in [-0.1, -0.05) is 263 Å². The van der Waals surface area contributed by atoms with E-state index in [1.165, 1.54) is 215 Å². The van der Waals surface area contributed by atoms with Gasteiger partial charge in [-0.2, -0.15) is 4.68 Å². The van der Waals surface area contributed by atoms with Crippen molar-refractivity contribution in [2.24, 2.45) is 35.2 Å². The largest absolute Gasteiger partial charge is 0.265 e. The molecule has 0 saturated heterocycles. The molecular weight excluding hydrogens is 1660 g/mol. The van der Waals surface area contributed by atoms with Gasteiger partial charge in [0.2, 0.25) is 24.1 Å². The Morgan fingerprint density at radius 2 is 0.632 bits per heavy atom. The Morgan fingerprint density at radius 1 is 0.272 bits per heavy atom. The predicted octanol–water partition coefficient (Wildman–Crippen LogP) is 26.0. The molecule has 25 rings (SSSR count). The fourth-order valence-corrected chi connectivity index (χ4v) is 21.8. The van der Waals surface area contributed by atoms with E-state index in [2.05, 4.69) is 482 Å². The number of fused-ring (bicyclic) bond motifs is 30. The highest BCUT2D eigenvalue weighted by molar-refractivity contribution is 6.19. The van der Waals surface area contributed by atoms with E-state index in [-0.39, 0.29) is 0 Å². The Kier molecular flexibility index (Phi) is 22.0. The van der Waals surface area contributed by atoms with Crippen LogP contribution in [0.1, 0.15) is 107 Å². The van der Waals surface area contributed by atoms with Crippen molar-refractivity contribution in [2.75, 3.05) is 0 Å². The molecule has 0 fully saturated rings. The zero-order chi connectivity index (χ0) is 94.1. The fourth-order valence-electron chi connectivity index (χ4n) is 21.8. The fraction of sp³-hybridized carbons (Fsp3) is 0.174. The molecule has 0 radical (unpaired) electrons. The average molecular weight is 1780 g/mol. The molecule has 15 heteroatoms. The second-order valence-corrected chi connectivity index (χ2v) is 37.5. The summed E-state index contributed by atoms with van der Waals surface area (Å²) in [6, 6.07) is 99.5. The van der Waals surface area contributed by atoms with Crippen molar-refractivity contribution in [3.05, 3.63) is 390 Å². The van der Waals surface area contributed by atoms with E-state index in [9.17, 15) is 0 Å². The van der Waals surface area contributed by atoms with Crippen LogP contribution in [0, 0.1) is 69.2 Å². The first-order valence-electron chi connectivity index (χ1n) is 47.2. The highest BCUT2D eigenvalue weighted by Crippen LogP contribution is 2.47. The summed E-state index contributed by atoms with van der Waals surface area (Å²) in [6.45, 7) is 30.7. The maximum absolute atomic E-state index is 4.84. The minimum atomic E-state index is 0.448. The first-order chi connectivity index (χ1) is 65.9. The van der Waals surface area contributed by atoms with E-state index >= 15 is 0 Å². The molecule has 0 amide bonds. The smallest absolute Gasteiger partial charge is 0.254 e. The van der Waals surface area contributed by atoms with Crippen molar-refractivity contribution in [3.63, 3.8) is 0 Å². The van der Waals surface area contributed by atoms with Crippen LogP contribution in [0.3, 0.4) is 0 Å². The second kappa shape index (κ2) is 34.5. The zero-order valence-corrected chi connectivity index (χ0v) is 81.0. The lowest BCUT2D eigenvalue weighted by atomic mass is 9.85. The summed E-state index contributed by atoms with van der Waals surface area (Å²) in [4.78, 5) is 24.0. The van der Waals surface area contributed by atoms with E-state index in [0.29, 0.717) is 11.8 Å². The van der Waals surface area contributed by atoms with E-state index in [1.807, 2.05) is 18.6 Å². The summed E-state index contributed by atoms with van der Waals surface area (Å²) in [6.07, 6.45) is 14.7. The Balaban J connectivity index is 0.000000103. The average Bonchev–Trinajstić information content (AvgIpc) is 1.61. The third kappa shape index (κ3) is 14.3. The van der Waals surface area contributed by atoms with Crippen LogP contribution in [0.2, 0.25) is 0 Å². The molecule has 0 unspecified atom stereocenters. The topological polar surface area (TPSA) is 107 Å². The molecule has 10 aromatic carbocycles. The number of rotatable bonds is 7. The molecule has 0 atom stereocenters. The Labute approximate surface area is 791 Å². The van der Waals surface area contributed by atoms with Gasteiger partial charge in [-0.05, 0) is 195 Å². The summed E-state index contributed by atoms with van der Waals surface area (Å²) < 4.78 is 22.5. The van der Waals surface area contributed by atoms with Gasteiger partial charge in [0, 0.05) is 102 Å². The van der Waals surface area contributed by atoms with Gasteiger partial charge in [-0.15, -0.1) is 36.8 Å². The standard InChI is InChI=1S/C34H26N3.C28H30N3.C24H22N3.C18H18N3.C17H16N3/c1-23-20-21-35-32-28-16-9-10-17-29(28)34-30(22-36(2)37(34)33(23)32)31-26(24-12-5-3-6-13-24)18-11-19-27(31)25-14-7-4-8-15-25;1-17(2)20-12-9-13-21(18(3)4)25(20)24-16-30(6)31-27-19(5)14-15-29-26(27)22-10-7-8-11-23(22)28(24)31;1-15-8-7-9-16(2)21(15)20-14-26(4)27-23-17(3)12-13-25-22(23)18-10-5-6-11-19(18)24(20)27;1-11-9-12(2)19-17-15-8-6-5-7-14(15)16-10-13(3)20(4)21(16)18(11)17;1-11-10-12(2)18-16-14-7-5-4-6-13(14)15-8-9-19(3)20(15)17(11)16/h3-22H,1-2H3;7-18H,1-6H3;5-14H,1-4H3;5-10H,1-4H3;4-10H,1-3H3/q5*+1. The third-order valence-corrected chi connectivity index (χ3v) is 27.9. The minimum Gasteiger partial charge on any atom is -0.254 e. The normalized spacial score (nSPS) is 11.8. The molecule has 15 aromatic heterocycles. The van der Waals surface area contributed by atoms with Crippen LogP contribution in [0.15, 0.2) is 322 Å². The Bertz CT molecular complexity index is 9070. The van der Waals surface area contributed by atoms with E-state index in [0.717, 1.165) is 44.5 Å². The number of hydrogen-bond acceptors (Lipinski definition) is 5. The molecule has 0 aliphatic heterocycles. The number of aromatic nitrogens is 15. The number of nitrogens with zero attached hydrogens (tertiary/aromatic N) is 15. The molecular formula is C121H112N15+5. The number of hydrogen-bond donors (Lipinski definition) is 0. The quantitative estimate of drug-likeness (QED) is 0.117. The maximum atomic E-state index is 4.84. The second-order valence-electron chi connectivity index (χ2n) is 37.5. The zero-order valence-electron chi connectivity index (χ0n) is 81.0. The van der Waals surface area contributed by atoms with E-state index < -0.39 is 0 Å². The van der Waals surface area contributed by atoms with Gasteiger partial charge in [0.25, 0.3) is 5.52 Å². The highest BCUT2D eigenvalue weighted by Gasteiger charge is 2.32. The highest BCUT2D eigenvalue weighted by atomic mass is 15.4. The van der Waals surface area contributed by atoms with Gasteiger partial charge < -0.3 is 0 Å². The first-order valence-corrected chi connectivity index (χ1v) is 47.2. The van der Waals surface area contributed by atoms with Crippen molar-refractivity contribution in [1.29, 1.82) is 0 Å². The lowest BCUT2D eigenvalue weighted by Gasteiger charge is -2.18. The van der Waals surface area contributed by atoms with Crippen molar-refractivity contribution in [2.45, 2.75) is 109 Å². The van der Waals surface area contributed by atoms with Gasteiger partial charge in [0.15, 0.2) is 34.4 Å². The lowest BCUT2D eigenvalue weighted by molar-refractivity contribution is -0.735. The van der Waals surface area contributed by atoms with Crippen LogP contribution in [-0.2, 0) is 35.2 Å². The summed E-state index contributed by atoms with van der Waals surface area (Å²) in [5, 5.41) is 12.2. The van der Waals surface area contributed by atoms with Crippen molar-refractivity contribution < 1.29 is 23.2 Å². The first kappa shape index (κ1) is 86.7. The van der Waals surface area contributed by atoms with Crippen LogP contribution in [0.25, 0.3) is 192 Å².